The number of nitrogens with zero attached hydrogens (tertiary/aromatic N) is 1. The van der Waals surface area contributed by atoms with Crippen molar-refractivity contribution in [1.29, 1.82) is 0 Å². The minimum atomic E-state index is -1.33. The van der Waals surface area contributed by atoms with Gasteiger partial charge in [-0.25, -0.2) is 0 Å². The fourth-order valence-electron chi connectivity index (χ4n) is 2.25. The molecule has 0 aromatic heterocycles. The fraction of sp³-hybridized carbons (Fsp3) is 0.176. The average molecular weight is 362 g/mol. The van der Waals surface area contributed by atoms with Crippen LogP contribution in [-0.4, -0.2) is 16.8 Å². The molecule has 7 nitrogen and oxygen atoms in total. The van der Waals surface area contributed by atoms with Crippen LogP contribution in [0.5, 0.6) is 0 Å². The zero-order chi connectivity index (χ0) is 18.4. The van der Waals surface area contributed by atoms with Gasteiger partial charge in [0.05, 0.1) is 4.92 Å². The normalized spacial score (nSPS) is 11.6. The number of nitro benzene ring substituents is 1. The average Bonchev–Trinajstić information content (AvgIpc) is 2.56. The summed E-state index contributed by atoms with van der Waals surface area (Å²) in [7, 11) is 0. The van der Waals surface area contributed by atoms with Crippen molar-refractivity contribution in [3.63, 3.8) is 0 Å². The van der Waals surface area contributed by atoms with Crippen LogP contribution in [0.2, 0.25) is 5.02 Å². The molecule has 0 spiro atoms. The number of carboxylic acid groups (broad SMARTS) is 1. The second kappa shape index (κ2) is 8.25. The molecule has 2 aromatic carbocycles. The number of nitro groups is 1. The van der Waals surface area contributed by atoms with Crippen LogP contribution in [0.15, 0.2) is 48.5 Å². The Balaban J connectivity index is 1.98. The van der Waals surface area contributed by atoms with E-state index in [1.807, 2.05) is 0 Å². The summed E-state index contributed by atoms with van der Waals surface area (Å²) in [5.41, 5.74) is 0.967. The second-order valence-electron chi connectivity index (χ2n) is 5.40. The van der Waals surface area contributed by atoms with Gasteiger partial charge in [-0.3, -0.25) is 14.9 Å². The molecule has 0 bridgehead atoms. The first-order chi connectivity index (χ1) is 11.8. The van der Waals surface area contributed by atoms with Gasteiger partial charge in [0.25, 0.3) is 5.69 Å². The topological polar surface area (TPSA) is 112 Å². The van der Waals surface area contributed by atoms with Gasteiger partial charge >= 0.3 is 0 Å². The molecule has 8 heteroatoms. The summed E-state index contributed by atoms with van der Waals surface area (Å²) in [4.78, 5) is 33.4. The Hall–Kier alpha value is -2.93. The number of benzene rings is 2. The fourth-order valence-corrected chi connectivity index (χ4v) is 2.37. The molecular weight excluding hydrogens is 348 g/mol. The smallest absolute Gasteiger partial charge is 0.269 e. The van der Waals surface area contributed by atoms with Gasteiger partial charge in [-0.1, -0.05) is 23.7 Å². The number of anilines is 1. The van der Waals surface area contributed by atoms with Gasteiger partial charge in [0, 0.05) is 41.2 Å². The highest BCUT2D eigenvalue weighted by atomic mass is 35.5. The summed E-state index contributed by atoms with van der Waals surface area (Å²) in [6.45, 7) is 0. The van der Waals surface area contributed by atoms with Crippen LogP contribution >= 0.6 is 11.6 Å². The number of halogens is 1. The van der Waals surface area contributed by atoms with Gasteiger partial charge in [0.15, 0.2) is 0 Å². The molecule has 1 atom stereocenters. The lowest BCUT2D eigenvalue weighted by molar-refractivity contribution is -0.384. The third-order valence-corrected chi connectivity index (χ3v) is 3.77. The van der Waals surface area contributed by atoms with E-state index in [1.54, 1.807) is 24.3 Å². The van der Waals surface area contributed by atoms with Crippen LogP contribution < -0.4 is 10.4 Å². The van der Waals surface area contributed by atoms with Crippen molar-refractivity contribution < 1.29 is 19.6 Å². The van der Waals surface area contributed by atoms with Crippen molar-refractivity contribution in [2.45, 2.75) is 12.8 Å². The Bertz CT molecular complexity index is 775. The maximum Gasteiger partial charge on any atom is 0.269 e. The van der Waals surface area contributed by atoms with Crippen molar-refractivity contribution in [1.82, 2.24) is 0 Å². The zero-order valence-electron chi connectivity index (χ0n) is 13.0. The summed E-state index contributed by atoms with van der Waals surface area (Å²) < 4.78 is 0. The molecule has 0 unspecified atom stereocenters. The molecule has 25 heavy (non-hydrogen) atoms. The highest BCUT2D eigenvalue weighted by molar-refractivity contribution is 6.30. The molecule has 130 valence electrons. The third kappa shape index (κ3) is 5.58. The SMILES string of the molecule is O=C(C[C@H](Cc1ccc(Cl)cc1)C(=O)[O-])Nc1ccc([N+](=O)[O-])cc1. The maximum absolute atomic E-state index is 12.0. The summed E-state index contributed by atoms with van der Waals surface area (Å²) in [5, 5.41) is 24.9. The molecular formula is C17H14ClN2O5-. The minimum Gasteiger partial charge on any atom is -0.550 e. The van der Waals surface area contributed by atoms with Crippen molar-refractivity contribution in [2.24, 2.45) is 5.92 Å². The van der Waals surface area contributed by atoms with Crippen LogP contribution in [0, 0.1) is 16.0 Å². The van der Waals surface area contributed by atoms with Crippen molar-refractivity contribution in [3.8, 4) is 0 Å². The number of aliphatic carboxylic acids is 1. The molecule has 1 N–H and O–H groups in total. The lowest BCUT2D eigenvalue weighted by Gasteiger charge is -2.18. The van der Waals surface area contributed by atoms with E-state index in [0.29, 0.717) is 10.7 Å². The van der Waals surface area contributed by atoms with E-state index in [9.17, 15) is 24.8 Å². The van der Waals surface area contributed by atoms with Gasteiger partial charge in [0.1, 0.15) is 0 Å². The van der Waals surface area contributed by atoms with Crippen molar-refractivity contribution in [2.75, 3.05) is 5.32 Å². The van der Waals surface area contributed by atoms with E-state index in [-0.39, 0.29) is 18.5 Å². The van der Waals surface area contributed by atoms with Crippen molar-refractivity contribution in [3.05, 3.63) is 69.2 Å². The molecule has 0 aliphatic carbocycles. The zero-order valence-corrected chi connectivity index (χ0v) is 13.7. The lowest BCUT2D eigenvalue weighted by Crippen LogP contribution is -2.35. The monoisotopic (exact) mass is 361 g/mol. The number of hydrogen-bond acceptors (Lipinski definition) is 5. The van der Waals surface area contributed by atoms with Gasteiger partial charge in [-0.05, 0) is 36.2 Å². The van der Waals surface area contributed by atoms with Crippen LogP contribution in [-0.2, 0) is 16.0 Å². The Labute approximate surface area is 148 Å². The Morgan fingerprint density at radius 2 is 1.68 bits per heavy atom. The van der Waals surface area contributed by atoms with E-state index >= 15 is 0 Å². The third-order valence-electron chi connectivity index (χ3n) is 3.52. The molecule has 0 fully saturated rings. The van der Waals surface area contributed by atoms with Gasteiger partial charge in [0.2, 0.25) is 5.91 Å². The number of non-ortho nitro benzene ring substituents is 1. The first kappa shape index (κ1) is 18.4. The van der Waals surface area contributed by atoms with Gasteiger partial charge in [-0.2, -0.15) is 0 Å². The van der Waals surface area contributed by atoms with Crippen LogP contribution in [0.4, 0.5) is 11.4 Å². The number of rotatable bonds is 7. The Morgan fingerprint density at radius 1 is 1.08 bits per heavy atom. The van der Waals surface area contributed by atoms with E-state index < -0.39 is 22.7 Å². The van der Waals surface area contributed by atoms with Crippen molar-refractivity contribution >= 4 is 34.9 Å². The Morgan fingerprint density at radius 3 is 2.20 bits per heavy atom. The van der Waals surface area contributed by atoms with E-state index in [1.165, 1.54) is 24.3 Å². The van der Waals surface area contributed by atoms with E-state index in [2.05, 4.69) is 5.32 Å². The molecule has 0 aliphatic rings. The van der Waals surface area contributed by atoms with Crippen LogP contribution in [0.1, 0.15) is 12.0 Å². The number of amides is 1. The predicted molar refractivity (Wildman–Crippen MR) is 90.0 cm³/mol. The number of carbonyl (C=O) groups is 2. The molecule has 0 saturated heterocycles. The predicted octanol–water partition coefficient (Wildman–Crippen LogP) is 2.19. The lowest BCUT2D eigenvalue weighted by atomic mass is 9.96. The quantitative estimate of drug-likeness (QED) is 0.600. The summed E-state index contributed by atoms with van der Waals surface area (Å²) in [6.07, 6.45) is -0.144. The molecule has 2 aromatic rings. The van der Waals surface area contributed by atoms with E-state index in [4.69, 9.17) is 11.6 Å². The van der Waals surface area contributed by atoms with Gasteiger partial charge in [-0.15, -0.1) is 0 Å². The number of nitrogens with one attached hydrogen (secondary N) is 1. The highest BCUT2D eigenvalue weighted by Crippen LogP contribution is 2.18. The summed E-state index contributed by atoms with van der Waals surface area (Å²) in [5.74, 6) is -2.84. The molecule has 0 aliphatic heterocycles. The molecule has 0 radical (unpaired) electrons. The summed E-state index contributed by atoms with van der Waals surface area (Å²) >= 11 is 5.78. The van der Waals surface area contributed by atoms with Crippen LogP contribution in [0.3, 0.4) is 0 Å². The molecule has 1 amide bonds. The maximum atomic E-state index is 12.0. The van der Waals surface area contributed by atoms with E-state index in [0.717, 1.165) is 5.56 Å². The Kier molecular flexibility index (Phi) is 6.08. The standard InChI is InChI=1S/C17H15ClN2O5/c18-13-3-1-11(2-4-13)9-12(17(22)23)10-16(21)19-14-5-7-15(8-6-14)20(24)25/h1-8,12H,9-10H2,(H,19,21)(H,22,23)/p-1/t12-/m0/s1. The number of hydrogen-bond donors (Lipinski definition) is 1. The molecule has 2 rings (SSSR count). The first-order valence-electron chi connectivity index (χ1n) is 7.35. The molecule has 0 heterocycles. The number of carboxylic acids is 1. The summed E-state index contributed by atoms with van der Waals surface area (Å²) in [6, 6.07) is 11.9. The second-order valence-corrected chi connectivity index (χ2v) is 5.84. The minimum absolute atomic E-state index is 0.103. The molecule has 0 saturated carbocycles. The first-order valence-corrected chi connectivity index (χ1v) is 7.72. The van der Waals surface area contributed by atoms with Crippen LogP contribution in [0.25, 0.3) is 0 Å². The van der Waals surface area contributed by atoms with Gasteiger partial charge < -0.3 is 15.2 Å². The number of carbonyl (C=O) groups excluding carboxylic acids is 2. The largest absolute Gasteiger partial charge is 0.550 e. The highest BCUT2D eigenvalue weighted by Gasteiger charge is 2.16.